The predicted octanol–water partition coefficient (Wildman–Crippen LogP) is 1.10. The number of carbonyl (C=O) groups excluding carboxylic acids is 1. The summed E-state index contributed by atoms with van der Waals surface area (Å²) < 4.78 is 62.8. The van der Waals surface area contributed by atoms with Crippen molar-refractivity contribution in [1.29, 1.82) is 0 Å². The molecule has 0 amide bonds. The average Bonchev–Trinajstić information content (AvgIpc) is 2.21. The number of hydrogen-bond acceptors (Lipinski definition) is 4. The van der Waals surface area contributed by atoms with Gasteiger partial charge in [-0.05, 0) is 0 Å². The highest BCUT2D eigenvalue weighted by Crippen LogP contribution is 2.19. The molecule has 0 radical (unpaired) electrons. The Bertz CT molecular complexity index is 357. The molecule has 0 bridgehead atoms. The Morgan fingerprint density at radius 2 is 1.94 bits per heavy atom. The topological polar surface area (TPSA) is 63.7 Å². The summed E-state index contributed by atoms with van der Waals surface area (Å²) in [7, 11) is -3.01. The van der Waals surface area contributed by atoms with Crippen LogP contribution in [0.25, 0.3) is 0 Å². The molecule has 5 nitrogen and oxygen atoms in total. The number of rotatable bonds is 6. The van der Waals surface area contributed by atoms with E-state index in [9.17, 15) is 26.4 Å². The summed E-state index contributed by atoms with van der Waals surface area (Å²) in [5.41, 5.74) is 0. The van der Waals surface area contributed by atoms with Crippen LogP contribution in [0.4, 0.5) is 13.2 Å². The Morgan fingerprint density at radius 1 is 1.41 bits per heavy atom. The summed E-state index contributed by atoms with van der Waals surface area (Å²) in [6, 6.07) is 0. The minimum atomic E-state index is -4.66. The van der Waals surface area contributed by atoms with Gasteiger partial charge in [0.1, 0.15) is 11.2 Å². The lowest BCUT2D eigenvalue weighted by molar-refractivity contribution is -0.144. The normalized spacial score (nSPS) is 12.8. The fraction of sp³-hybridized carbons (Fsp3) is 0.857. The number of ether oxygens (including phenoxy) is 1. The van der Waals surface area contributed by atoms with E-state index in [2.05, 4.69) is 20.7 Å². The third kappa shape index (κ3) is 6.84. The van der Waals surface area contributed by atoms with Crippen LogP contribution in [0, 0.1) is 0 Å². The number of hydrogen-bond donors (Lipinski definition) is 0. The second-order valence-corrected chi connectivity index (χ2v) is 6.27. The van der Waals surface area contributed by atoms with Crippen molar-refractivity contribution in [3.05, 3.63) is 0 Å². The number of alkyl halides is 4. The van der Waals surface area contributed by atoms with Crippen LogP contribution in [0.1, 0.15) is 6.42 Å². The molecule has 102 valence electrons. The zero-order valence-corrected chi connectivity index (χ0v) is 11.2. The number of methoxy groups -OCH3 is 1. The van der Waals surface area contributed by atoms with Gasteiger partial charge < -0.3 is 4.74 Å². The molecule has 0 aromatic rings. The van der Waals surface area contributed by atoms with Crippen LogP contribution >= 0.6 is 15.9 Å². The zero-order chi connectivity index (χ0) is 13.7. The summed E-state index contributed by atoms with van der Waals surface area (Å²) in [4.78, 5) is 10.8. The number of nitrogens with zero attached hydrogens (tertiary/aromatic N) is 1. The third-order valence-corrected chi connectivity index (χ3v) is 4.79. The van der Waals surface area contributed by atoms with Gasteiger partial charge in [0.15, 0.2) is 0 Å². The van der Waals surface area contributed by atoms with Gasteiger partial charge in [-0.25, -0.2) is 8.42 Å². The highest BCUT2D eigenvalue weighted by Gasteiger charge is 2.35. The Kier molecular flexibility index (Phi) is 6.41. The molecule has 0 aromatic heterocycles. The van der Waals surface area contributed by atoms with Crippen molar-refractivity contribution in [2.75, 3.05) is 24.9 Å². The SMILES string of the molecule is COC(=O)CCN(CC(F)(F)F)S(=O)(=O)CBr. The van der Waals surface area contributed by atoms with Crippen molar-refractivity contribution in [2.45, 2.75) is 12.6 Å². The Labute approximate surface area is 105 Å². The zero-order valence-electron chi connectivity index (χ0n) is 8.83. The fourth-order valence-electron chi connectivity index (χ4n) is 0.904. The van der Waals surface area contributed by atoms with Crippen LogP contribution in [0.5, 0.6) is 0 Å². The Balaban J connectivity index is 4.70. The van der Waals surface area contributed by atoms with Gasteiger partial charge in [-0.15, -0.1) is 0 Å². The maximum Gasteiger partial charge on any atom is 0.402 e. The predicted molar refractivity (Wildman–Crippen MR) is 57.0 cm³/mol. The van der Waals surface area contributed by atoms with Crippen LogP contribution in [0.3, 0.4) is 0 Å². The molecule has 0 N–H and O–H groups in total. The number of carbonyl (C=O) groups is 1. The van der Waals surface area contributed by atoms with Crippen LogP contribution in [-0.4, -0.2) is 49.7 Å². The van der Waals surface area contributed by atoms with E-state index in [4.69, 9.17) is 0 Å². The molecule has 0 aliphatic carbocycles. The molecule has 0 aliphatic heterocycles. The first-order valence-electron chi connectivity index (χ1n) is 4.29. The van der Waals surface area contributed by atoms with E-state index in [0.717, 1.165) is 7.11 Å². The molecule has 17 heavy (non-hydrogen) atoms. The maximum absolute atomic E-state index is 12.1. The van der Waals surface area contributed by atoms with Crippen LogP contribution in [-0.2, 0) is 19.6 Å². The van der Waals surface area contributed by atoms with Gasteiger partial charge >= 0.3 is 12.1 Å². The fourth-order valence-corrected chi connectivity index (χ4v) is 2.62. The minimum absolute atomic E-state index is 0.193. The van der Waals surface area contributed by atoms with E-state index < -0.39 is 46.3 Å². The first kappa shape index (κ1) is 16.6. The quantitative estimate of drug-likeness (QED) is 0.536. The summed E-state index contributed by atoms with van der Waals surface area (Å²) >= 11 is 2.59. The van der Waals surface area contributed by atoms with Crippen molar-refractivity contribution in [3.63, 3.8) is 0 Å². The molecule has 0 fully saturated rings. The average molecular weight is 342 g/mol. The summed E-state index contributed by atoms with van der Waals surface area (Å²) in [6.45, 7) is -2.20. The van der Waals surface area contributed by atoms with E-state index in [1.807, 2.05) is 0 Å². The molecule has 0 saturated carbocycles. The molecule has 0 unspecified atom stereocenters. The van der Waals surface area contributed by atoms with Crippen LogP contribution in [0.2, 0.25) is 0 Å². The van der Waals surface area contributed by atoms with Gasteiger partial charge in [0.25, 0.3) is 0 Å². The van der Waals surface area contributed by atoms with Gasteiger partial charge in [-0.1, -0.05) is 15.9 Å². The highest BCUT2D eigenvalue weighted by atomic mass is 79.9. The van der Waals surface area contributed by atoms with Crippen LogP contribution < -0.4 is 0 Å². The lowest BCUT2D eigenvalue weighted by Crippen LogP contribution is -2.40. The molecule has 0 aromatic carbocycles. The molecule has 0 atom stereocenters. The van der Waals surface area contributed by atoms with Crippen molar-refractivity contribution in [1.82, 2.24) is 4.31 Å². The molecule has 10 heteroatoms. The second kappa shape index (κ2) is 6.55. The van der Waals surface area contributed by atoms with Crippen molar-refractivity contribution >= 4 is 31.9 Å². The number of esters is 1. The smallest absolute Gasteiger partial charge is 0.402 e. The molecular weight excluding hydrogens is 331 g/mol. The van der Waals surface area contributed by atoms with E-state index >= 15 is 0 Å². The van der Waals surface area contributed by atoms with Gasteiger partial charge in [-0.3, -0.25) is 4.79 Å². The molecule has 0 saturated heterocycles. The van der Waals surface area contributed by atoms with Crippen molar-refractivity contribution in [2.24, 2.45) is 0 Å². The summed E-state index contributed by atoms with van der Waals surface area (Å²) in [6.07, 6.45) is -5.09. The highest BCUT2D eigenvalue weighted by molar-refractivity contribution is 9.10. The van der Waals surface area contributed by atoms with Crippen molar-refractivity contribution < 1.29 is 31.1 Å². The van der Waals surface area contributed by atoms with E-state index in [-0.39, 0.29) is 4.31 Å². The van der Waals surface area contributed by atoms with Gasteiger partial charge in [-0.2, -0.15) is 17.5 Å². The number of sulfonamides is 1. The summed E-state index contributed by atoms with van der Waals surface area (Å²) in [5.74, 6) is -0.776. The Hall–Kier alpha value is -0.350. The third-order valence-electron chi connectivity index (χ3n) is 1.68. The van der Waals surface area contributed by atoms with Crippen LogP contribution in [0.15, 0.2) is 0 Å². The van der Waals surface area contributed by atoms with Gasteiger partial charge in [0.2, 0.25) is 10.0 Å². The lowest BCUT2D eigenvalue weighted by Gasteiger charge is -2.21. The van der Waals surface area contributed by atoms with Crippen molar-refractivity contribution in [3.8, 4) is 0 Å². The summed E-state index contributed by atoms with van der Waals surface area (Å²) in [5, 5.41) is 0. The van der Waals surface area contributed by atoms with Gasteiger partial charge in [0.05, 0.1) is 13.5 Å². The molecular formula is C7H11BrF3NO4S. The first-order valence-corrected chi connectivity index (χ1v) is 7.03. The molecule has 0 heterocycles. The van der Waals surface area contributed by atoms with E-state index in [1.165, 1.54) is 0 Å². The molecule has 0 spiro atoms. The number of halogens is 4. The largest absolute Gasteiger partial charge is 0.469 e. The monoisotopic (exact) mass is 341 g/mol. The first-order chi connectivity index (χ1) is 7.62. The maximum atomic E-state index is 12.1. The second-order valence-electron chi connectivity index (χ2n) is 3.00. The minimum Gasteiger partial charge on any atom is -0.469 e. The van der Waals surface area contributed by atoms with E-state index in [0.29, 0.717) is 0 Å². The molecule has 0 rings (SSSR count). The Morgan fingerprint density at radius 3 is 2.29 bits per heavy atom. The molecule has 0 aliphatic rings. The lowest BCUT2D eigenvalue weighted by atomic mass is 10.4. The van der Waals surface area contributed by atoms with E-state index in [1.54, 1.807) is 0 Å². The van der Waals surface area contributed by atoms with Gasteiger partial charge in [0, 0.05) is 6.54 Å². The standard InChI is InChI=1S/C7H11BrF3NO4S/c1-16-6(13)2-3-12(4-7(9,10)11)17(14,15)5-8/h2-5H2,1H3.